The first-order chi connectivity index (χ1) is 7.71. The van der Waals surface area contributed by atoms with Crippen LogP contribution in [-0.4, -0.2) is 39.8 Å². The van der Waals surface area contributed by atoms with Gasteiger partial charge >= 0.3 is 0 Å². The smallest absolute Gasteiger partial charge is 0.271 e. The van der Waals surface area contributed by atoms with Crippen molar-refractivity contribution in [2.75, 3.05) is 13.2 Å². The molecule has 0 radical (unpaired) electrons. The Morgan fingerprint density at radius 1 is 1.75 bits per heavy atom. The highest BCUT2D eigenvalue weighted by molar-refractivity contribution is 5.92. The molecule has 6 nitrogen and oxygen atoms in total. The topological polar surface area (TPSA) is 93.2 Å². The largest absolute Gasteiger partial charge is 0.394 e. The van der Waals surface area contributed by atoms with Gasteiger partial charge in [0.2, 0.25) is 0 Å². The monoisotopic (exact) mass is 226 g/mol. The van der Waals surface area contributed by atoms with E-state index in [9.17, 15) is 4.79 Å². The van der Waals surface area contributed by atoms with Crippen LogP contribution in [0.1, 0.15) is 23.8 Å². The lowest BCUT2D eigenvalue weighted by molar-refractivity contribution is 0.0910. The summed E-state index contributed by atoms with van der Waals surface area (Å²) in [6, 6.07) is -0.216. The van der Waals surface area contributed by atoms with Gasteiger partial charge in [0, 0.05) is 19.3 Å². The van der Waals surface area contributed by atoms with Gasteiger partial charge in [-0.1, -0.05) is 6.92 Å². The number of nitrogens with one attached hydrogen (secondary N) is 1. The van der Waals surface area contributed by atoms with Crippen molar-refractivity contribution in [2.24, 2.45) is 5.73 Å². The molecule has 1 atom stereocenters. The van der Waals surface area contributed by atoms with Crippen molar-refractivity contribution in [1.29, 1.82) is 0 Å². The molecule has 1 amide bonds. The number of imidazole rings is 1. The zero-order chi connectivity index (χ0) is 12.0. The summed E-state index contributed by atoms with van der Waals surface area (Å²) < 4.78 is 1.76. The molecule has 0 spiro atoms. The molecule has 6 heteroatoms. The van der Waals surface area contributed by atoms with Crippen LogP contribution in [0.4, 0.5) is 0 Å². The van der Waals surface area contributed by atoms with Crippen molar-refractivity contribution in [2.45, 2.75) is 25.9 Å². The van der Waals surface area contributed by atoms with Crippen molar-refractivity contribution in [1.82, 2.24) is 14.9 Å². The van der Waals surface area contributed by atoms with Gasteiger partial charge in [0.25, 0.3) is 5.91 Å². The van der Waals surface area contributed by atoms with Gasteiger partial charge in [-0.3, -0.25) is 4.79 Å². The number of amides is 1. The van der Waals surface area contributed by atoms with Crippen LogP contribution >= 0.6 is 0 Å². The second-order valence-electron chi connectivity index (χ2n) is 3.55. The van der Waals surface area contributed by atoms with Crippen LogP contribution in [0.3, 0.4) is 0 Å². The lowest BCUT2D eigenvalue weighted by Gasteiger charge is -2.12. The van der Waals surface area contributed by atoms with E-state index in [2.05, 4.69) is 10.3 Å². The van der Waals surface area contributed by atoms with E-state index in [-0.39, 0.29) is 18.6 Å². The quantitative estimate of drug-likeness (QED) is 0.600. The Bertz CT molecular complexity index is 333. The molecule has 1 heterocycles. The number of nitrogens with two attached hydrogens (primary N) is 1. The van der Waals surface area contributed by atoms with Crippen LogP contribution in [0.2, 0.25) is 0 Å². The highest BCUT2D eigenvalue weighted by atomic mass is 16.3. The minimum atomic E-state index is -0.267. The molecular formula is C10H18N4O2. The molecule has 0 bridgehead atoms. The Balaban J connectivity index is 2.58. The van der Waals surface area contributed by atoms with Crippen LogP contribution in [-0.2, 0) is 6.54 Å². The summed E-state index contributed by atoms with van der Waals surface area (Å²) in [5, 5.41) is 11.6. The standard InChI is InChI=1S/C10H18N4O2/c1-2-8(6-15)13-10(16)9-5-14(4-3-11)7-12-9/h5,7-8,15H,2-4,6,11H2,1H3,(H,13,16)/t8-/m0/s1. The third-order valence-corrected chi connectivity index (χ3v) is 2.30. The van der Waals surface area contributed by atoms with E-state index < -0.39 is 0 Å². The average Bonchev–Trinajstić information content (AvgIpc) is 2.74. The number of hydrogen-bond acceptors (Lipinski definition) is 4. The molecule has 1 rings (SSSR count). The second kappa shape index (κ2) is 6.24. The number of aromatic nitrogens is 2. The molecule has 90 valence electrons. The highest BCUT2D eigenvalue weighted by Crippen LogP contribution is 1.98. The van der Waals surface area contributed by atoms with Gasteiger partial charge in [0.15, 0.2) is 0 Å². The number of rotatable bonds is 6. The number of carbonyl (C=O) groups excluding carboxylic acids is 1. The van der Waals surface area contributed by atoms with Crippen LogP contribution in [0, 0.1) is 0 Å². The van der Waals surface area contributed by atoms with Gasteiger partial charge in [-0.15, -0.1) is 0 Å². The number of nitrogens with zero attached hydrogens (tertiary/aromatic N) is 2. The van der Waals surface area contributed by atoms with Crippen LogP contribution < -0.4 is 11.1 Å². The minimum absolute atomic E-state index is 0.0637. The molecule has 0 fully saturated rings. The fourth-order valence-electron chi connectivity index (χ4n) is 1.28. The Morgan fingerprint density at radius 2 is 2.50 bits per heavy atom. The SMILES string of the molecule is CC[C@@H](CO)NC(=O)c1cn(CCN)cn1. The average molecular weight is 226 g/mol. The molecule has 0 aliphatic carbocycles. The van der Waals surface area contributed by atoms with E-state index in [1.54, 1.807) is 17.1 Å². The fraction of sp³-hybridized carbons (Fsp3) is 0.600. The number of carbonyl (C=O) groups is 1. The minimum Gasteiger partial charge on any atom is -0.394 e. The van der Waals surface area contributed by atoms with Crippen LogP contribution in [0.25, 0.3) is 0 Å². The Labute approximate surface area is 94.5 Å². The van der Waals surface area contributed by atoms with Crippen molar-refractivity contribution < 1.29 is 9.90 Å². The Kier molecular flexibility index (Phi) is 4.94. The maximum absolute atomic E-state index is 11.7. The molecule has 0 aliphatic rings. The first-order valence-corrected chi connectivity index (χ1v) is 5.34. The fourth-order valence-corrected chi connectivity index (χ4v) is 1.28. The van der Waals surface area contributed by atoms with Crippen molar-refractivity contribution in [3.8, 4) is 0 Å². The predicted octanol–water partition coefficient (Wildman–Crippen LogP) is -0.657. The van der Waals surface area contributed by atoms with Crippen molar-refractivity contribution in [3.63, 3.8) is 0 Å². The van der Waals surface area contributed by atoms with Gasteiger partial charge in [-0.25, -0.2) is 4.98 Å². The van der Waals surface area contributed by atoms with Gasteiger partial charge in [-0.05, 0) is 6.42 Å². The summed E-state index contributed by atoms with van der Waals surface area (Å²) in [5.74, 6) is -0.267. The van der Waals surface area contributed by atoms with E-state index in [1.807, 2.05) is 6.92 Å². The van der Waals surface area contributed by atoms with Gasteiger partial charge in [-0.2, -0.15) is 0 Å². The molecule has 1 aromatic heterocycles. The molecule has 0 aromatic carbocycles. The zero-order valence-corrected chi connectivity index (χ0v) is 9.39. The Hall–Kier alpha value is -1.40. The maximum Gasteiger partial charge on any atom is 0.271 e. The summed E-state index contributed by atoms with van der Waals surface area (Å²) >= 11 is 0. The summed E-state index contributed by atoms with van der Waals surface area (Å²) in [6.07, 6.45) is 3.90. The number of hydrogen-bond donors (Lipinski definition) is 3. The van der Waals surface area contributed by atoms with Crippen molar-refractivity contribution in [3.05, 3.63) is 18.2 Å². The second-order valence-corrected chi connectivity index (χ2v) is 3.55. The highest BCUT2D eigenvalue weighted by Gasteiger charge is 2.13. The molecular weight excluding hydrogens is 208 g/mol. The Morgan fingerprint density at radius 3 is 3.06 bits per heavy atom. The van der Waals surface area contributed by atoms with Crippen LogP contribution in [0.15, 0.2) is 12.5 Å². The third kappa shape index (κ3) is 3.32. The molecule has 1 aromatic rings. The van der Waals surface area contributed by atoms with Crippen LogP contribution in [0.5, 0.6) is 0 Å². The summed E-state index contributed by atoms with van der Waals surface area (Å²) in [4.78, 5) is 15.6. The maximum atomic E-state index is 11.7. The first-order valence-electron chi connectivity index (χ1n) is 5.34. The number of aliphatic hydroxyl groups excluding tert-OH is 1. The molecule has 0 aliphatic heterocycles. The van der Waals surface area contributed by atoms with E-state index in [0.717, 1.165) is 0 Å². The van der Waals surface area contributed by atoms with Gasteiger partial charge in [0.1, 0.15) is 5.69 Å². The molecule has 0 saturated carbocycles. The van der Waals surface area contributed by atoms with Crippen molar-refractivity contribution >= 4 is 5.91 Å². The van der Waals surface area contributed by atoms with E-state index >= 15 is 0 Å². The molecule has 0 saturated heterocycles. The summed E-state index contributed by atoms with van der Waals surface area (Å²) in [5.41, 5.74) is 5.74. The van der Waals surface area contributed by atoms with E-state index in [0.29, 0.717) is 25.2 Å². The van der Waals surface area contributed by atoms with E-state index in [4.69, 9.17) is 10.8 Å². The van der Waals surface area contributed by atoms with Gasteiger partial charge in [0.05, 0.1) is 19.0 Å². The van der Waals surface area contributed by atoms with E-state index in [1.165, 1.54) is 0 Å². The summed E-state index contributed by atoms with van der Waals surface area (Å²) in [6.45, 7) is 2.98. The molecule has 0 unspecified atom stereocenters. The first kappa shape index (κ1) is 12.7. The number of aliphatic hydroxyl groups is 1. The lowest BCUT2D eigenvalue weighted by Crippen LogP contribution is -2.37. The summed E-state index contributed by atoms with van der Waals surface area (Å²) in [7, 11) is 0. The third-order valence-electron chi connectivity index (χ3n) is 2.30. The van der Waals surface area contributed by atoms with Gasteiger partial charge < -0.3 is 20.7 Å². The lowest BCUT2D eigenvalue weighted by atomic mass is 10.2. The molecule has 4 N–H and O–H groups in total. The zero-order valence-electron chi connectivity index (χ0n) is 9.39. The predicted molar refractivity (Wildman–Crippen MR) is 59.9 cm³/mol. The molecule has 16 heavy (non-hydrogen) atoms. The normalized spacial score (nSPS) is 12.4.